The fourth-order valence-corrected chi connectivity index (χ4v) is 3.04. The lowest BCUT2D eigenvalue weighted by Gasteiger charge is -2.30. The Labute approximate surface area is 116 Å². The maximum Gasteiger partial charge on any atom is 0.222 e. The third-order valence-corrected chi connectivity index (χ3v) is 4.73. The summed E-state index contributed by atoms with van der Waals surface area (Å²) in [6.07, 6.45) is 4.32. The molecule has 0 aromatic heterocycles. The summed E-state index contributed by atoms with van der Waals surface area (Å²) in [5.41, 5.74) is 0. The van der Waals surface area contributed by atoms with Crippen molar-refractivity contribution in [1.82, 2.24) is 14.5 Å². The standard InChI is InChI=1S/C12H25N3O3S/c1-14(2)12(16)5-4-8-13-11-6-9-15(10-7-11)19(3,17)18/h11,13H,4-10H2,1-3H3. The molecular weight excluding hydrogens is 266 g/mol. The lowest BCUT2D eigenvalue weighted by atomic mass is 10.1. The van der Waals surface area contributed by atoms with E-state index >= 15 is 0 Å². The molecule has 0 spiro atoms. The smallest absolute Gasteiger partial charge is 0.222 e. The highest BCUT2D eigenvalue weighted by Gasteiger charge is 2.24. The van der Waals surface area contributed by atoms with Crippen molar-refractivity contribution >= 4 is 15.9 Å². The molecule has 112 valence electrons. The first-order chi connectivity index (χ1) is 8.80. The molecule has 1 rings (SSSR count). The molecule has 1 aliphatic heterocycles. The van der Waals surface area contributed by atoms with E-state index in [1.54, 1.807) is 19.0 Å². The van der Waals surface area contributed by atoms with E-state index in [0.29, 0.717) is 25.6 Å². The zero-order chi connectivity index (χ0) is 14.5. The van der Waals surface area contributed by atoms with Crippen LogP contribution in [-0.2, 0) is 14.8 Å². The van der Waals surface area contributed by atoms with Gasteiger partial charge in [0.05, 0.1) is 6.26 Å². The SMILES string of the molecule is CN(C)C(=O)CCCNC1CCN(S(C)(=O)=O)CC1. The summed E-state index contributed by atoms with van der Waals surface area (Å²) in [6, 6.07) is 0.368. The average Bonchev–Trinajstić information content (AvgIpc) is 2.33. The van der Waals surface area contributed by atoms with E-state index in [-0.39, 0.29) is 5.91 Å². The monoisotopic (exact) mass is 291 g/mol. The van der Waals surface area contributed by atoms with E-state index in [1.807, 2.05) is 0 Å². The van der Waals surface area contributed by atoms with Crippen LogP contribution < -0.4 is 5.32 Å². The number of rotatable bonds is 6. The highest BCUT2D eigenvalue weighted by Crippen LogP contribution is 2.13. The molecule has 1 N–H and O–H groups in total. The summed E-state index contributed by atoms with van der Waals surface area (Å²) in [6.45, 7) is 1.99. The molecule has 0 atom stereocenters. The van der Waals surface area contributed by atoms with Gasteiger partial charge in [0.1, 0.15) is 0 Å². The second-order valence-electron chi connectivity index (χ2n) is 5.28. The Balaban J connectivity index is 2.15. The van der Waals surface area contributed by atoms with Crippen LogP contribution in [0.2, 0.25) is 0 Å². The normalized spacial score (nSPS) is 18.5. The molecule has 6 nitrogen and oxygen atoms in total. The molecule has 0 bridgehead atoms. The Morgan fingerprint density at radius 2 is 1.89 bits per heavy atom. The molecule has 0 aromatic rings. The van der Waals surface area contributed by atoms with Gasteiger partial charge in [-0.3, -0.25) is 4.79 Å². The first kappa shape index (κ1) is 16.4. The van der Waals surface area contributed by atoms with Crippen LogP contribution in [0.4, 0.5) is 0 Å². The molecule has 1 heterocycles. The maximum atomic E-state index is 11.4. The number of sulfonamides is 1. The van der Waals surface area contributed by atoms with E-state index in [1.165, 1.54) is 10.6 Å². The Kier molecular flexibility index (Phi) is 6.22. The minimum absolute atomic E-state index is 0.147. The van der Waals surface area contributed by atoms with Crippen molar-refractivity contribution < 1.29 is 13.2 Å². The minimum atomic E-state index is -3.04. The Morgan fingerprint density at radius 3 is 2.37 bits per heavy atom. The molecule has 0 saturated carbocycles. The van der Waals surface area contributed by atoms with Crippen LogP contribution in [0.25, 0.3) is 0 Å². The highest BCUT2D eigenvalue weighted by molar-refractivity contribution is 7.88. The molecule has 1 fully saturated rings. The summed E-state index contributed by atoms with van der Waals surface area (Å²) in [7, 11) is 0.481. The second-order valence-corrected chi connectivity index (χ2v) is 7.26. The summed E-state index contributed by atoms with van der Waals surface area (Å²) >= 11 is 0. The van der Waals surface area contributed by atoms with Crippen molar-refractivity contribution in [3.8, 4) is 0 Å². The first-order valence-corrected chi connectivity index (χ1v) is 8.54. The lowest BCUT2D eigenvalue weighted by Crippen LogP contribution is -2.44. The van der Waals surface area contributed by atoms with Crippen LogP contribution in [0.1, 0.15) is 25.7 Å². The van der Waals surface area contributed by atoms with Gasteiger partial charge in [-0.2, -0.15) is 0 Å². The Bertz CT molecular complexity index is 387. The number of nitrogens with zero attached hydrogens (tertiary/aromatic N) is 2. The Morgan fingerprint density at radius 1 is 1.32 bits per heavy atom. The number of piperidine rings is 1. The van der Waals surface area contributed by atoms with Gasteiger partial charge >= 0.3 is 0 Å². The number of carbonyl (C=O) groups is 1. The maximum absolute atomic E-state index is 11.4. The molecule has 0 radical (unpaired) electrons. The third-order valence-electron chi connectivity index (χ3n) is 3.42. The summed E-state index contributed by atoms with van der Waals surface area (Å²) in [4.78, 5) is 13.0. The van der Waals surface area contributed by atoms with Crippen molar-refractivity contribution in [3.63, 3.8) is 0 Å². The summed E-state index contributed by atoms with van der Waals surface area (Å²) in [5.74, 6) is 0.147. The summed E-state index contributed by atoms with van der Waals surface area (Å²) in [5, 5.41) is 3.40. The van der Waals surface area contributed by atoms with Crippen LogP contribution in [0.3, 0.4) is 0 Å². The lowest BCUT2D eigenvalue weighted by molar-refractivity contribution is -0.128. The van der Waals surface area contributed by atoms with Gasteiger partial charge in [0.25, 0.3) is 0 Å². The van der Waals surface area contributed by atoms with E-state index in [4.69, 9.17) is 0 Å². The number of carbonyl (C=O) groups excluding carboxylic acids is 1. The highest BCUT2D eigenvalue weighted by atomic mass is 32.2. The molecule has 0 unspecified atom stereocenters. The van der Waals surface area contributed by atoms with Crippen LogP contribution in [-0.4, -0.2) is 69.6 Å². The predicted octanol–water partition coefficient (Wildman–Crippen LogP) is -0.132. The van der Waals surface area contributed by atoms with Gasteiger partial charge in [-0.15, -0.1) is 0 Å². The van der Waals surface area contributed by atoms with Crippen LogP contribution in [0.15, 0.2) is 0 Å². The van der Waals surface area contributed by atoms with Crippen LogP contribution >= 0.6 is 0 Å². The number of amides is 1. The quantitative estimate of drug-likeness (QED) is 0.692. The van der Waals surface area contributed by atoms with Gasteiger partial charge in [-0.1, -0.05) is 0 Å². The first-order valence-electron chi connectivity index (χ1n) is 6.69. The molecule has 7 heteroatoms. The third kappa shape index (κ3) is 5.88. The molecule has 1 aliphatic rings. The van der Waals surface area contributed by atoms with Crippen LogP contribution in [0.5, 0.6) is 0 Å². The van der Waals surface area contributed by atoms with Crippen molar-refractivity contribution in [2.75, 3.05) is 40.0 Å². The summed E-state index contributed by atoms with van der Waals surface area (Å²) < 4.78 is 24.2. The van der Waals surface area contributed by atoms with Crippen molar-refractivity contribution in [1.29, 1.82) is 0 Å². The molecule has 1 amide bonds. The minimum Gasteiger partial charge on any atom is -0.349 e. The molecule has 0 aromatic carbocycles. The van der Waals surface area contributed by atoms with E-state index in [2.05, 4.69) is 5.32 Å². The number of nitrogens with one attached hydrogen (secondary N) is 1. The second kappa shape index (κ2) is 7.21. The van der Waals surface area contributed by atoms with E-state index < -0.39 is 10.0 Å². The topological polar surface area (TPSA) is 69.7 Å². The van der Waals surface area contributed by atoms with E-state index in [9.17, 15) is 13.2 Å². The average molecular weight is 291 g/mol. The molecule has 19 heavy (non-hydrogen) atoms. The van der Waals surface area contributed by atoms with Crippen molar-refractivity contribution in [2.45, 2.75) is 31.7 Å². The van der Waals surface area contributed by atoms with Crippen molar-refractivity contribution in [3.05, 3.63) is 0 Å². The van der Waals surface area contributed by atoms with Gasteiger partial charge in [-0.25, -0.2) is 12.7 Å². The van der Waals surface area contributed by atoms with Gasteiger partial charge in [0.2, 0.25) is 15.9 Å². The van der Waals surface area contributed by atoms with E-state index in [0.717, 1.165) is 25.8 Å². The zero-order valence-corrected chi connectivity index (χ0v) is 12.9. The van der Waals surface area contributed by atoms with Gasteiger partial charge in [0.15, 0.2) is 0 Å². The fraction of sp³-hybridized carbons (Fsp3) is 0.917. The van der Waals surface area contributed by atoms with Crippen LogP contribution in [0, 0.1) is 0 Å². The number of hydrogen-bond donors (Lipinski definition) is 1. The Hall–Kier alpha value is -0.660. The molecule has 1 saturated heterocycles. The largest absolute Gasteiger partial charge is 0.349 e. The number of hydrogen-bond acceptors (Lipinski definition) is 4. The fourth-order valence-electron chi connectivity index (χ4n) is 2.16. The van der Waals surface area contributed by atoms with Gasteiger partial charge < -0.3 is 10.2 Å². The predicted molar refractivity (Wildman–Crippen MR) is 75.4 cm³/mol. The molecular formula is C12H25N3O3S. The van der Waals surface area contributed by atoms with Crippen molar-refractivity contribution in [2.24, 2.45) is 0 Å². The van der Waals surface area contributed by atoms with Gasteiger partial charge in [-0.05, 0) is 25.8 Å². The van der Waals surface area contributed by atoms with Gasteiger partial charge in [0, 0.05) is 39.6 Å². The molecule has 0 aliphatic carbocycles. The zero-order valence-electron chi connectivity index (χ0n) is 12.1.